The molecule has 1 heterocycles. The smallest absolute Gasteiger partial charge is 0.0597 e. The molecule has 16 heavy (non-hydrogen) atoms. The van der Waals surface area contributed by atoms with Gasteiger partial charge in [0.05, 0.1) is 11.4 Å². The Hall–Kier alpha value is -0.870. The van der Waals surface area contributed by atoms with Crippen molar-refractivity contribution in [2.45, 2.75) is 40.3 Å². The molecule has 4 nitrogen and oxygen atoms in total. The van der Waals surface area contributed by atoms with Crippen molar-refractivity contribution in [2.75, 3.05) is 19.6 Å². The molecule has 1 aromatic rings. The molecule has 0 spiro atoms. The van der Waals surface area contributed by atoms with Crippen LogP contribution in [-0.2, 0) is 13.1 Å². The summed E-state index contributed by atoms with van der Waals surface area (Å²) in [5.41, 5.74) is 2.37. The highest BCUT2D eigenvalue weighted by molar-refractivity contribution is 5.08. The van der Waals surface area contributed by atoms with Gasteiger partial charge in [-0.05, 0) is 32.9 Å². The Morgan fingerprint density at radius 1 is 1.19 bits per heavy atom. The molecule has 0 amide bonds. The number of nitrogens with one attached hydrogen (secondary N) is 2. The van der Waals surface area contributed by atoms with Gasteiger partial charge in [-0.1, -0.05) is 6.92 Å². The van der Waals surface area contributed by atoms with Crippen molar-refractivity contribution in [3.63, 3.8) is 0 Å². The van der Waals surface area contributed by atoms with Crippen molar-refractivity contribution in [2.24, 2.45) is 0 Å². The molecule has 4 heteroatoms. The summed E-state index contributed by atoms with van der Waals surface area (Å²) in [6.45, 7) is 11.3. The Morgan fingerprint density at radius 2 is 1.94 bits per heavy atom. The van der Waals surface area contributed by atoms with Crippen molar-refractivity contribution in [1.82, 2.24) is 20.4 Å². The second-order valence-electron chi connectivity index (χ2n) is 4.02. The minimum atomic E-state index is 0.905. The third kappa shape index (κ3) is 4.33. The van der Waals surface area contributed by atoms with Crippen LogP contribution in [0, 0.1) is 6.92 Å². The second-order valence-corrected chi connectivity index (χ2v) is 4.02. The summed E-state index contributed by atoms with van der Waals surface area (Å²) in [7, 11) is 0. The third-order valence-corrected chi connectivity index (χ3v) is 2.50. The van der Waals surface area contributed by atoms with E-state index in [1.807, 2.05) is 6.92 Å². The summed E-state index contributed by atoms with van der Waals surface area (Å²) in [5, 5.41) is 11.2. The van der Waals surface area contributed by atoms with E-state index in [1.165, 1.54) is 12.1 Å². The lowest BCUT2D eigenvalue weighted by Gasteiger charge is -2.07. The molecule has 0 aromatic carbocycles. The summed E-state index contributed by atoms with van der Waals surface area (Å²) in [5.74, 6) is 0. The van der Waals surface area contributed by atoms with Gasteiger partial charge in [0.15, 0.2) is 0 Å². The van der Waals surface area contributed by atoms with E-state index in [0.717, 1.165) is 38.4 Å². The third-order valence-electron chi connectivity index (χ3n) is 2.50. The molecule has 0 aliphatic rings. The minimum absolute atomic E-state index is 0.905. The Kier molecular flexibility index (Phi) is 6.11. The zero-order chi connectivity index (χ0) is 11.8. The van der Waals surface area contributed by atoms with Crippen molar-refractivity contribution >= 4 is 0 Å². The van der Waals surface area contributed by atoms with Crippen LogP contribution in [0.2, 0.25) is 0 Å². The van der Waals surface area contributed by atoms with Gasteiger partial charge in [0.25, 0.3) is 0 Å². The zero-order valence-corrected chi connectivity index (χ0v) is 10.7. The maximum absolute atomic E-state index is 4.42. The van der Waals surface area contributed by atoms with Crippen molar-refractivity contribution in [3.8, 4) is 0 Å². The highest BCUT2D eigenvalue weighted by atomic mass is 15.3. The highest BCUT2D eigenvalue weighted by Crippen LogP contribution is 2.02. The summed E-state index contributed by atoms with van der Waals surface area (Å²) >= 11 is 0. The molecule has 2 N–H and O–H groups in total. The quantitative estimate of drug-likeness (QED) is 0.654. The maximum atomic E-state index is 4.42. The molecule has 0 saturated carbocycles. The monoisotopic (exact) mass is 224 g/mol. The van der Waals surface area contributed by atoms with Crippen LogP contribution in [0.4, 0.5) is 0 Å². The number of nitrogens with zero attached hydrogens (tertiary/aromatic N) is 2. The van der Waals surface area contributed by atoms with Crippen LogP contribution < -0.4 is 10.6 Å². The molecule has 0 unspecified atom stereocenters. The molecule has 0 fully saturated rings. The fourth-order valence-corrected chi connectivity index (χ4v) is 1.71. The molecule has 0 atom stereocenters. The van der Waals surface area contributed by atoms with E-state index < -0.39 is 0 Å². The fourth-order valence-electron chi connectivity index (χ4n) is 1.71. The van der Waals surface area contributed by atoms with Gasteiger partial charge >= 0.3 is 0 Å². The molecule has 0 aliphatic heterocycles. The van der Waals surface area contributed by atoms with Crippen molar-refractivity contribution < 1.29 is 0 Å². The standard InChI is InChI=1S/C12H24N4/c1-4-6-13-7-8-14-10-12-9-11(3)15-16(12)5-2/h9,13-14H,4-8,10H2,1-3H3. The number of aromatic nitrogens is 2. The van der Waals surface area contributed by atoms with Gasteiger partial charge < -0.3 is 10.6 Å². The highest BCUT2D eigenvalue weighted by Gasteiger charge is 2.02. The Balaban J connectivity index is 2.21. The van der Waals surface area contributed by atoms with Gasteiger partial charge in [0, 0.05) is 26.2 Å². The van der Waals surface area contributed by atoms with Gasteiger partial charge in [0.1, 0.15) is 0 Å². The van der Waals surface area contributed by atoms with E-state index in [-0.39, 0.29) is 0 Å². The first kappa shape index (κ1) is 13.2. The largest absolute Gasteiger partial charge is 0.315 e. The van der Waals surface area contributed by atoms with Crippen LogP contribution in [0.1, 0.15) is 31.7 Å². The first-order valence-corrected chi connectivity index (χ1v) is 6.22. The van der Waals surface area contributed by atoms with Gasteiger partial charge in [-0.25, -0.2) is 0 Å². The van der Waals surface area contributed by atoms with Crippen molar-refractivity contribution in [3.05, 3.63) is 17.5 Å². The molecule has 0 bridgehead atoms. The predicted octanol–water partition coefficient (Wildman–Crippen LogP) is 1.30. The average Bonchev–Trinajstić information content (AvgIpc) is 2.64. The maximum Gasteiger partial charge on any atom is 0.0597 e. The topological polar surface area (TPSA) is 41.9 Å². The Bertz CT molecular complexity index is 293. The normalized spacial score (nSPS) is 10.9. The first-order valence-electron chi connectivity index (χ1n) is 6.22. The van der Waals surface area contributed by atoms with Crippen LogP contribution in [0.5, 0.6) is 0 Å². The molecule has 92 valence electrons. The number of hydrogen-bond donors (Lipinski definition) is 2. The van der Waals surface area contributed by atoms with E-state index >= 15 is 0 Å². The SMILES string of the molecule is CCCNCCNCc1cc(C)nn1CC. The summed E-state index contributed by atoms with van der Waals surface area (Å²) < 4.78 is 2.06. The van der Waals surface area contributed by atoms with Crippen molar-refractivity contribution in [1.29, 1.82) is 0 Å². The number of hydrogen-bond acceptors (Lipinski definition) is 3. The van der Waals surface area contributed by atoms with Crippen LogP contribution in [0.3, 0.4) is 0 Å². The van der Waals surface area contributed by atoms with Crippen LogP contribution in [0.15, 0.2) is 6.07 Å². The van der Waals surface area contributed by atoms with E-state index in [9.17, 15) is 0 Å². The fraction of sp³-hybridized carbons (Fsp3) is 0.750. The predicted molar refractivity (Wildman–Crippen MR) is 67.5 cm³/mol. The van der Waals surface area contributed by atoms with E-state index in [0.29, 0.717) is 0 Å². The number of rotatable bonds is 8. The molecule has 1 aromatic heterocycles. The van der Waals surface area contributed by atoms with Crippen LogP contribution >= 0.6 is 0 Å². The Labute approximate surface area is 98.4 Å². The molecular weight excluding hydrogens is 200 g/mol. The molecule has 0 aliphatic carbocycles. The summed E-state index contributed by atoms with van der Waals surface area (Å²) in [4.78, 5) is 0. The summed E-state index contributed by atoms with van der Waals surface area (Å²) in [6, 6.07) is 2.15. The van der Waals surface area contributed by atoms with Crippen LogP contribution in [0.25, 0.3) is 0 Å². The van der Waals surface area contributed by atoms with Crippen LogP contribution in [-0.4, -0.2) is 29.4 Å². The molecule has 1 rings (SSSR count). The molecule has 0 radical (unpaired) electrons. The second kappa shape index (κ2) is 7.41. The minimum Gasteiger partial charge on any atom is -0.315 e. The average molecular weight is 224 g/mol. The van der Waals surface area contributed by atoms with E-state index in [2.05, 4.69) is 40.3 Å². The number of aryl methyl sites for hydroxylation is 2. The van der Waals surface area contributed by atoms with Gasteiger partial charge in [0.2, 0.25) is 0 Å². The molecule has 0 saturated heterocycles. The van der Waals surface area contributed by atoms with E-state index in [4.69, 9.17) is 0 Å². The lowest BCUT2D eigenvalue weighted by molar-refractivity contribution is 0.562. The first-order chi connectivity index (χ1) is 7.77. The van der Waals surface area contributed by atoms with E-state index in [1.54, 1.807) is 0 Å². The lowest BCUT2D eigenvalue weighted by atomic mass is 10.3. The zero-order valence-electron chi connectivity index (χ0n) is 10.7. The van der Waals surface area contributed by atoms with Gasteiger partial charge in [-0.15, -0.1) is 0 Å². The molecular formula is C12H24N4. The van der Waals surface area contributed by atoms with Gasteiger partial charge in [-0.2, -0.15) is 5.10 Å². The Morgan fingerprint density at radius 3 is 2.62 bits per heavy atom. The summed E-state index contributed by atoms with van der Waals surface area (Å²) in [6.07, 6.45) is 1.20. The van der Waals surface area contributed by atoms with Gasteiger partial charge in [-0.3, -0.25) is 4.68 Å². The lowest BCUT2D eigenvalue weighted by Crippen LogP contribution is -2.28.